The minimum absolute atomic E-state index is 0.0702. The van der Waals surface area contributed by atoms with E-state index >= 15 is 0 Å². The maximum Gasteiger partial charge on any atom is 0.299 e. The lowest BCUT2D eigenvalue weighted by molar-refractivity contribution is -0.138. The van der Waals surface area contributed by atoms with Crippen molar-refractivity contribution < 1.29 is 27.9 Å². The number of benzene rings is 2. The molecule has 0 radical (unpaired) electrons. The maximum absolute atomic E-state index is 14.9. The van der Waals surface area contributed by atoms with Gasteiger partial charge in [0.2, 0.25) is 11.8 Å². The van der Waals surface area contributed by atoms with Crippen molar-refractivity contribution >= 4 is 34.9 Å². The minimum Gasteiger partial charge on any atom is -0.501 e. The number of thiophene rings is 1. The number of carbonyl (C=O) groups excluding carboxylic acids is 3. The van der Waals surface area contributed by atoms with Crippen molar-refractivity contribution in [2.24, 2.45) is 11.7 Å². The van der Waals surface area contributed by atoms with Gasteiger partial charge in [-0.05, 0) is 42.7 Å². The number of rotatable bonds is 9. The van der Waals surface area contributed by atoms with E-state index in [1.807, 2.05) is 0 Å². The molecule has 224 valence electrons. The summed E-state index contributed by atoms with van der Waals surface area (Å²) in [5.41, 5.74) is 6.59. The van der Waals surface area contributed by atoms with Gasteiger partial charge in [-0.3, -0.25) is 19.8 Å². The van der Waals surface area contributed by atoms with Gasteiger partial charge in [0.05, 0.1) is 25.5 Å². The third-order valence-corrected chi connectivity index (χ3v) is 9.05. The number of ether oxygens (including phenoxy) is 1. The zero-order chi connectivity index (χ0) is 31.1. The fraction of sp³-hybridized carbons (Fsp3) is 0.290. The van der Waals surface area contributed by atoms with Crippen LogP contribution in [0, 0.1) is 11.3 Å². The molecule has 0 saturated carbocycles. The number of fused-ring (bicyclic) bond motifs is 3. The van der Waals surface area contributed by atoms with Crippen LogP contribution in [0.3, 0.4) is 0 Å². The Hall–Kier alpha value is -4.58. The summed E-state index contributed by atoms with van der Waals surface area (Å²) in [6, 6.07) is 10.6. The van der Waals surface area contributed by atoms with Gasteiger partial charge in [-0.15, -0.1) is 11.3 Å². The van der Waals surface area contributed by atoms with Gasteiger partial charge in [0.25, 0.3) is 11.8 Å². The van der Waals surface area contributed by atoms with Crippen molar-refractivity contribution in [3.63, 3.8) is 0 Å². The predicted molar refractivity (Wildman–Crippen MR) is 159 cm³/mol. The van der Waals surface area contributed by atoms with Crippen molar-refractivity contribution in [3.8, 4) is 11.1 Å². The van der Waals surface area contributed by atoms with E-state index in [-0.39, 0.29) is 52.9 Å². The fourth-order valence-corrected chi connectivity index (χ4v) is 6.46. The van der Waals surface area contributed by atoms with E-state index in [0.717, 1.165) is 4.88 Å². The molecule has 5 N–H and O–H groups in total. The molecule has 1 aliphatic carbocycles. The zero-order valence-electron chi connectivity index (χ0n) is 23.6. The van der Waals surface area contributed by atoms with Crippen LogP contribution >= 0.6 is 11.3 Å². The molecule has 3 atom stereocenters. The lowest BCUT2D eigenvalue weighted by Gasteiger charge is -2.25. The molecule has 0 unspecified atom stereocenters. The van der Waals surface area contributed by atoms with Crippen LogP contribution in [0.2, 0.25) is 0 Å². The molecular formula is C31H31F2N5O4S. The summed E-state index contributed by atoms with van der Waals surface area (Å²) in [6.45, 7) is 5.46. The number of carbonyl (C=O) groups is 3. The van der Waals surface area contributed by atoms with Gasteiger partial charge < -0.3 is 26.0 Å². The lowest BCUT2D eigenvalue weighted by atomic mass is 10.0. The standard InChI is InChI=1S/C31H31F2N5O4S/c1-16(26-12-20(15-43-26)28(34)35)37-30(41)25-11-19(17(2)42-3)14-38(25)27(39)13-36-29(40)18-8-9-24-22(10-18)21-6-4-5-7-23(21)31(24,32)33/h4-10,12,15-16,19,25H,2,11,13-14H2,1,3H3,(H3,34,35)(H,36,40)(H,37,41)/t16-,19-,25+/m1/s1. The van der Waals surface area contributed by atoms with E-state index in [1.165, 1.54) is 47.6 Å². The topological polar surface area (TPSA) is 138 Å². The average molecular weight is 608 g/mol. The van der Waals surface area contributed by atoms with Crippen LogP contribution in [0.5, 0.6) is 0 Å². The molecule has 3 amide bonds. The molecular weight excluding hydrogens is 576 g/mol. The van der Waals surface area contributed by atoms with Gasteiger partial charge in [0.1, 0.15) is 11.9 Å². The number of nitrogens with zero attached hydrogens (tertiary/aromatic N) is 1. The first kappa shape index (κ1) is 29.9. The van der Waals surface area contributed by atoms with E-state index in [0.29, 0.717) is 16.9 Å². The average Bonchev–Trinajstić information content (AvgIpc) is 3.72. The number of nitrogens with two attached hydrogens (primary N) is 1. The van der Waals surface area contributed by atoms with Gasteiger partial charge in [0, 0.05) is 45.0 Å². The molecule has 1 aromatic heterocycles. The first-order valence-electron chi connectivity index (χ1n) is 13.6. The van der Waals surface area contributed by atoms with Gasteiger partial charge >= 0.3 is 0 Å². The summed E-state index contributed by atoms with van der Waals surface area (Å²) < 4.78 is 35.1. The molecule has 2 aliphatic rings. The molecule has 43 heavy (non-hydrogen) atoms. The molecule has 1 saturated heterocycles. The highest BCUT2D eigenvalue weighted by Crippen LogP contribution is 2.50. The number of hydrogen-bond donors (Lipinski definition) is 4. The lowest BCUT2D eigenvalue weighted by Crippen LogP contribution is -2.49. The van der Waals surface area contributed by atoms with E-state index in [9.17, 15) is 23.2 Å². The Labute approximate surface area is 251 Å². The molecule has 12 heteroatoms. The molecule has 9 nitrogen and oxygen atoms in total. The van der Waals surface area contributed by atoms with E-state index in [4.69, 9.17) is 15.9 Å². The highest BCUT2D eigenvalue weighted by atomic mass is 32.1. The second kappa shape index (κ2) is 11.6. The van der Waals surface area contributed by atoms with E-state index in [1.54, 1.807) is 36.6 Å². The highest BCUT2D eigenvalue weighted by molar-refractivity contribution is 7.10. The monoisotopic (exact) mass is 607 g/mol. The zero-order valence-corrected chi connectivity index (χ0v) is 24.4. The van der Waals surface area contributed by atoms with Crippen LogP contribution < -0.4 is 16.4 Å². The summed E-state index contributed by atoms with van der Waals surface area (Å²) in [6.07, 6.45) is 0.284. The highest BCUT2D eigenvalue weighted by Gasteiger charge is 2.44. The van der Waals surface area contributed by atoms with Crippen LogP contribution in [0.1, 0.15) is 51.3 Å². The van der Waals surface area contributed by atoms with Crippen molar-refractivity contribution in [3.05, 3.63) is 93.4 Å². The Kier molecular flexibility index (Phi) is 8.06. The summed E-state index contributed by atoms with van der Waals surface area (Å²) in [4.78, 5) is 41.9. The Morgan fingerprint density at radius 2 is 1.88 bits per heavy atom. The van der Waals surface area contributed by atoms with E-state index in [2.05, 4.69) is 17.2 Å². The fourth-order valence-electron chi connectivity index (χ4n) is 5.54. The van der Waals surface area contributed by atoms with Crippen LogP contribution in [-0.4, -0.2) is 54.7 Å². The SMILES string of the molecule is C=C(OC)[C@@H]1C[C@@H](C(=O)N[C@H](C)c2cc(C(=N)N)cs2)N(C(=O)CNC(=O)c2ccc3c(c2)-c2ccccc2C3(F)F)C1. The number of alkyl halides is 2. The molecule has 0 spiro atoms. The quantitative estimate of drug-likeness (QED) is 0.165. The molecule has 1 aliphatic heterocycles. The number of nitrogen functional groups attached to an aromatic ring is 1. The van der Waals surface area contributed by atoms with Crippen LogP contribution in [0.4, 0.5) is 8.78 Å². The smallest absolute Gasteiger partial charge is 0.299 e. The predicted octanol–water partition coefficient (Wildman–Crippen LogP) is 4.14. The van der Waals surface area contributed by atoms with Crippen molar-refractivity contribution in [2.45, 2.75) is 31.4 Å². The van der Waals surface area contributed by atoms with Gasteiger partial charge in [0.15, 0.2) is 0 Å². The maximum atomic E-state index is 14.9. The summed E-state index contributed by atoms with van der Waals surface area (Å²) in [5, 5.41) is 14.8. The Bertz CT molecular complexity index is 1640. The largest absolute Gasteiger partial charge is 0.501 e. The van der Waals surface area contributed by atoms with Crippen molar-refractivity contribution in [1.82, 2.24) is 15.5 Å². The van der Waals surface area contributed by atoms with Gasteiger partial charge in [-0.2, -0.15) is 8.78 Å². The van der Waals surface area contributed by atoms with Gasteiger partial charge in [-0.25, -0.2) is 0 Å². The first-order valence-corrected chi connectivity index (χ1v) is 14.5. The third-order valence-electron chi connectivity index (χ3n) is 7.93. The second-order valence-corrected chi connectivity index (χ2v) is 11.6. The molecule has 3 aromatic rings. The Morgan fingerprint density at radius 3 is 2.58 bits per heavy atom. The normalized spacial score (nSPS) is 18.7. The van der Waals surface area contributed by atoms with Gasteiger partial charge in [-0.1, -0.05) is 36.9 Å². The molecule has 0 bridgehead atoms. The minimum atomic E-state index is -3.16. The van der Waals surface area contributed by atoms with Crippen LogP contribution in [0.25, 0.3) is 11.1 Å². The summed E-state index contributed by atoms with van der Waals surface area (Å²) in [5.74, 6) is -4.56. The number of methoxy groups -OCH3 is 1. The number of nitrogens with one attached hydrogen (secondary N) is 3. The van der Waals surface area contributed by atoms with Crippen molar-refractivity contribution in [1.29, 1.82) is 5.41 Å². The Balaban J connectivity index is 1.28. The number of hydrogen-bond acceptors (Lipinski definition) is 6. The molecule has 2 heterocycles. The summed E-state index contributed by atoms with van der Waals surface area (Å²) in [7, 11) is 1.47. The molecule has 5 rings (SSSR count). The number of likely N-dealkylation sites (tertiary alicyclic amines) is 1. The van der Waals surface area contributed by atoms with Crippen LogP contribution in [-0.2, 0) is 20.2 Å². The molecule has 1 fully saturated rings. The van der Waals surface area contributed by atoms with Crippen molar-refractivity contribution in [2.75, 3.05) is 20.2 Å². The number of amides is 3. The van der Waals surface area contributed by atoms with Crippen LogP contribution in [0.15, 0.2) is 66.2 Å². The number of halogens is 2. The second-order valence-electron chi connectivity index (χ2n) is 10.6. The van der Waals surface area contributed by atoms with E-state index < -0.39 is 36.4 Å². The third kappa shape index (κ3) is 5.62. The summed E-state index contributed by atoms with van der Waals surface area (Å²) >= 11 is 1.36. The number of amidine groups is 1. The first-order chi connectivity index (χ1) is 20.4. The Morgan fingerprint density at radius 1 is 1.16 bits per heavy atom. The molecule has 2 aromatic carbocycles.